The van der Waals surface area contributed by atoms with Crippen molar-refractivity contribution >= 4 is 11.6 Å². The SMILES string of the molecule is CCCNc1ncnc(N2CC(C)N(C)C(C)C2)c1OC. The van der Waals surface area contributed by atoms with Gasteiger partial charge in [-0.25, -0.2) is 9.97 Å². The molecule has 6 heteroatoms. The lowest BCUT2D eigenvalue weighted by molar-refractivity contribution is 0.169. The van der Waals surface area contributed by atoms with Crippen LogP contribution >= 0.6 is 0 Å². The first-order chi connectivity index (χ1) is 10.1. The number of nitrogens with one attached hydrogen (secondary N) is 1. The van der Waals surface area contributed by atoms with Gasteiger partial charge < -0.3 is 15.0 Å². The van der Waals surface area contributed by atoms with Crippen LogP contribution in [0.2, 0.25) is 0 Å². The molecule has 2 heterocycles. The molecule has 1 N–H and O–H groups in total. The van der Waals surface area contributed by atoms with Gasteiger partial charge in [0, 0.05) is 31.7 Å². The summed E-state index contributed by atoms with van der Waals surface area (Å²) in [6.45, 7) is 9.38. The van der Waals surface area contributed by atoms with Gasteiger partial charge in [-0.1, -0.05) is 6.92 Å². The highest BCUT2D eigenvalue weighted by molar-refractivity contribution is 5.65. The van der Waals surface area contributed by atoms with Crippen LogP contribution in [0.25, 0.3) is 0 Å². The Kier molecular flexibility index (Phi) is 5.22. The molecule has 1 fully saturated rings. The van der Waals surface area contributed by atoms with E-state index in [0.717, 1.165) is 43.4 Å². The summed E-state index contributed by atoms with van der Waals surface area (Å²) in [7, 11) is 3.86. The number of rotatable bonds is 5. The molecule has 2 rings (SSSR count). The molecule has 118 valence electrons. The first-order valence-electron chi connectivity index (χ1n) is 7.68. The third-order valence-corrected chi connectivity index (χ3v) is 4.19. The summed E-state index contributed by atoms with van der Waals surface area (Å²) in [5.41, 5.74) is 0. The summed E-state index contributed by atoms with van der Waals surface area (Å²) < 4.78 is 5.58. The summed E-state index contributed by atoms with van der Waals surface area (Å²) in [4.78, 5) is 13.5. The summed E-state index contributed by atoms with van der Waals surface area (Å²) in [5, 5.41) is 3.31. The van der Waals surface area contributed by atoms with E-state index in [4.69, 9.17) is 4.74 Å². The standard InChI is InChI=1S/C15H27N5O/c1-6-7-16-14-13(21-5)15(18-10-17-14)20-8-11(2)19(4)12(3)9-20/h10-12H,6-9H2,1-5H3,(H,16,17,18). The molecule has 21 heavy (non-hydrogen) atoms. The monoisotopic (exact) mass is 293 g/mol. The number of ether oxygens (including phenoxy) is 1. The van der Waals surface area contributed by atoms with Crippen molar-refractivity contribution < 1.29 is 4.74 Å². The zero-order valence-corrected chi connectivity index (χ0v) is 13.8. The van der Waals surface area contributed by atoms with Gasteiger partial charge in [-0.05, 0) is 27.3 Å². The molecule has 0 aliphatic carbocycles. The Bertz CT molecular complexity index is 455. The number of aromatic nitrogens is 2. The molecule has 0 spiro atoms. The van der Waals surface area contributed by atoms with Crippen LogP contribution in [0.4, 0.5) is 11.6 Å². The van der Waals surface area contributed by atoms with Crippen LogP contribution in [0.15, 0.2) is 6.33 Å². The van der Waals surface area contributed by atoms with Gasteiger partial charge in [0.2, 0.25) is 5.75 Å². The molecule has 6 nitrogen and oxygen atoms in total. The van der Waals surface area contributed by atoms with Crippen LogP contribution in [0.1, 0.15) is 27.2 Å². The van der Waals surface area contributed by atoms with E-state index in [-0.39, 0.29) is 0 Å². The lowest BCUT2D eigenvalue weighted by Crippen LogP contribution is -2.55. The lowest BCUT2D eigenvalue weighted by Gasteiger charge is -2.43. The van der Waals surface area contributed by atoms with Gasteiger partial charge in [-0.2, -0.15) is 0 Å². The number of piperazine rings is 1. The summed E-state index contributed by atoms with van der Waals surface area (Å²) in [5.74, 6) is 2.41. The quantitative estimate of drug-likeness (QED) is 0.894. The van der Waals surface area contributed by atoms with Crippen molar-refractivity contribution in [3.8, 4) is 5.75 Å². The van der Waals surface area contributed by atoms with Gasteiger partial charge in [0.25, 0.3) is 0 Å². The van der Waals surface area contributed by atoms with E-state index in [9.17, 15) is 0 Å². The normalized spacial score (nSPS) is 23.2. The Labute approximate surface area is 127 Å². The smallest absolute Gasteiger partial charge is 0.204 e. The van der Waals surface area contributed by atoms with Gasteiger partial charge in [0.05, 0.1) is 7.11 Å². The molecule has 0 aromatic carbocycles. The van der Waals surface area contributed by atoms with Crippen molar-refractivity contribution in [1.82, 2.24) is 14.9 Å². The molecule has 0 radical (unpaired) electrons. The highest BCUT2D eigenvalue weighted by Gasteiger charge is 2.29. The van der Waals surface area contributed by atoms with Crippen molar-refractivity contribution in [2.24, 2.45) is 0 Å². The second-order valence-electron chi connectivity index (χ2n) is 5.77. The number of hydrogen-bond acceptors (Lipinski definition) is 6. The van der Waals surface area contributed by atoms with Crippen molar-refractivity contribution in [3.63, 3.8) is 0 Å². The Morgan fingerprint density at radius 1 is 1.29 bits per heavy atom. The largest absolute Gasteiger partial charge is 0.490 e. The second kappa shape index (κ2) is 6.93. The number of methoxy groups -OCH3 is 1. The fraction of sp³-hybridized carbons (Fsp3) is 0.733. The Morgan fingerprint density at radius 2 is 1.95 bits per heavy atom. The fourth-order valence-corrected chi connectivity index (χ4v) is 2.72. The van der Waals surface area contributed by atoms with Gasteiger partial charge >= 0.3 is 0 Å². The molecular weight excluding hydrogens is 266 g/mol. The first kappa shape index (κ1) is 15.8. The molecule has 2 unspecified atom stereocenters. The van der Waals surface area contributed by atoms with Crippen molar-refractivity contribution in [2.75, 3.05) is 44.0 Å². The minimum Gasteiger partial charge on any atom is -0.490 e. The third kappa shape index (κ3) is 3.37. The van der Waals surface area contributed by atoms with Crippen LogP contribution in [-0.4, -0.2) is 60.7 Å². The average Bonchev–Trinajstić information content (AvgIpc) is 2.49. The topological polar surface area (TPSA) is 53.5 Å². The van der Waals surface area contributed by atoms with E-state index < -0.39 is 0 Å². The summed E-state index contributed by atoms with van der Waals surface area (Å²) >= 11 is 0. The molecule has 0 saturated carbocycles. The maximum Gasteiger partial charge on any atom is 0.204 e. The van der Waals surface area contributed by atoms with E-state index >= 15 is 0 Å². The second-order valence-corrected chi connectivity index (χ2v) is 5.77. The first-order valence-corrected chi connectivity index (χ1v) is 7.68. The van der Waals surface area contributed by atoms with Crippen LogP contribution in [0.3, 0.4) is 0 Å². The van der Waals surface area contributed by atoms with Crippen LogP contribution < -0.4 is 15.0 Å². The van der Waals surface area contributed by atoms with E-state index in [1.165, 1.54) is 0 Å². The highest BCUT2D eigenvalue weighted by Crippen LogP contribution is 2.33. The number of anilines is 2. The van der Waals surface area contributed by atoms with Crippen molar-refractivity contribution in [2.45, 2.75) is 39.3 Å². The van der Waals surface area contributed by atoms with E-state index in [1.54, 1.807) is 13.4 Å². The molecule has 0 bridgehead atoms. The average molecular weight is 293 g/mol. The fourth-order valence-electron chi connectivity index (χ4n) is 2.72. The molecule has 1 aromatic rings. The van der Waals surface area contributed by atoms with Gasteiger partial charge in [-0.3, -0.25) is 4.90 Å². The predicted molar refractivity (Wildman–Crippen MR) is 86.3 cm³/mol. The maximum absolute atomic E-state index is 5.58. The number of nitrogens with zero attached hydrogens (tertiary/aromatic N) is 4. The van der Waals surface area contributed by atoms with Crippen LogP contribution in [0.5, 0.6) is 5.75 Å². The predicted octanol–water partition coefficient (Wildman–Crippen LogP) is 1.84. The Balaban J connectivity index is 2.26. The molecule has 1 saturated heterocycles. The zero-order valence-electron chi connectivity index (χ0n) is 13.8. The lowest BCUT2D eigenvalue weighted by atomic mass is 10.1. The minimum atomic E-state index is 0.487. The number of likely N-dealkylation sites (N-methyl/N-ethyl adjacent to an activating group) is 1. The van der Waals surface area contributed by atoms with Gasteiger partial charge in [0.1, 0.15) is 6.33 Å². The number of hydrogen-bond donors (Lipinski definition) is 1. The van der Waals surface area contributed by atoms with E-state index in [0.29, 0.717) is 12.1 Å². The Morgan fingerprint density at radius 3 is 2.52 bits per heavy atom. The maximum atomic E-state index is 5.58. The van der Waals surface area contributed by atoms with Gasteiger partial charge in [0.15, 0.2) is 11.6 Å². The van der Waals surface area contributed by atoms with Crippen molar-refractivity contribution in [1.29, 1.82) is 0 Å². The third-order valence-electron chi connectivity index (χ3n) is 4.19. The highest BCUT2D eigenvalue weighted by atomic mass is 16.5. The summed E-state index contributed by atoms with van der Waals surface area (Å²) in [6.07, 6.45) is 2.66. The molecule has 1 aliphatic heterocycles. The van der Waals surface area contributed by atoms with Crippen molar-refractivity contribution in [3.05, 3.63) is 6.33 Å². The molecule has 0 amide bonds. The van der Waals surface area contributed by atoms with Crippen LogP contribution in [-0.2, 0) is 0 Å². The van der Waals surface area contributed by atoms with Crippen LogP contribution in [0, 0.1) is 0 Å². The molecule has 2 atom stereocenters. The molecule has 1 aromatic heterocycles. The van der Waals surface area contributed by atoms with E-state index in [2.05, 4.69) is 52.9 Å². The zero-order chi connectivity index (χ0) is 15.4. The molecule has 1 aliphatic rings. The van der Waals surface area contributed by atoms with E-state index in [1.807, 2.05) is 0 Å². The molecular formula is C15H27N5O. The minimum absolute atomic E-state index is 0.487. The summed E-state index contributed by atoms with van der Waals surface area (Å²) in [6, 6.07) is 0.973. The van der Waals surface area contributed by atoms with Gasteiger partial charge in [-0.15, -0.1) is 0 Å². The Hall–Kier alpha value is -1.56.